The summed E-state index contributed by atoms with van der Waals surface area (Å²) >= 11 is 0. The van der Waals surface area contributed by atoms with Crippen LogP contribution in [0.5, 0.6) is 0 Å². The number of primary amides is 1. The van der Waals surface area contributed by atoms with Gasteiger partial charge in [-0.2, -0.15) is 0 Å². The average molecular weight is 421 g/mol. The second-order valence-electron chi connectivity index (χ2n) is 5.76. The van der Waals surface area contributed by atoms with Gasteiger partial charge in [-0.15, -0.1) is 0 Å². The van der Waals surface area contributed by atoms with Crippen LogP contribution in [-0.2, 0) is 28.8 Å². The van der Waals surface area contributed by atoms with E-state index in [2.05, 4.69) is 0 Å². The third kappa shape index (κ3) is 9.45. The van der Waals surface area contributed by atoms with Gasteiger partial charge in [0.1, 0.15) is 24.2 Å². The van der Waals surface area contributed by atoms with Crippen molar-refractivity contribution in [3.63, 3.8) is 0 Å². The molecular weight excluding hydrogens is 398 g/mol. The number of aliphatic hydroxyl groups is 2. The predicted molar refractivity (Wildman–Crippen MR) is 91.6 cm³/mol. The number of carbonyl (C=O) groups excluding carboxylic acids is 4. The number of rotatable bonds is 13. The Morgan fingerprint density at radius 2 is 1.21 bits per heavy atom. The molecule has 0 bridgehead atoms. The first-order chi connectivity index (χ1) is 13.4. The number of amides is 4. The van der Waals surface area contributed by atoms with Crippen molar-refractivity contribution in [3.05, 3.63) is 0 Å². The Bertz CT molecular complexity index is 655. The number of carboxylic acids is 2. The van der Waals surface area contributed by atoms with E-state index < -0.39 is 85.8 Å². The van der Waals surface area contributed by atoms with Crippen molar-refractivity contribution >= 4 is 35.6 Å². The van der Waals surface area contributed by atoms with Gasteiger partial charge in [0, 0.05) is 0 Å². The molecule has 4 amide bonds. The number of nitrogens with one attached hydrogen (secondary N) is 3. The highest BCUT2D eigenvalue weighted by Crippen LogP contribution is 1.98. The zero-order valence-corrected chi connectivity index (χ0v) is 15.0. The maximum atomic E-state index is 12.3. The van der Waals surface area contributed by atoms with Crippen LogP contribution in [0, 0.1) is 0 Å². The molecule has 11 N–H and O–H groups in total. The van der Waals surface area contributed by atoms with Crippen LogP contribution in [-0.4, -0.2) is 93.4 Å². The van der Waals surface area contributed by atoms with Crippen LogP contribution in [0.3, 0.4) is 0 Å². The first-order valence-electron chi connectivity index (χ1n) is 8.04. The number of hydrogen-bond donors (Lipinski definition) is 9. The molecule has 0 saturated carbocycles. The van der Waals surface area contributed by atoms with Gasteiger partial charge in [-0.05, 0) is 0 Å². The highest BCUT2D eigenvalue weighted by molar-refractivity contribution is 5.96. The lowest BCUT2D eigenvalue weighted by Crippen LogP contribution is -2.59. The minimum Gasteiger partial charge on any atom is -0.481 e. The monoisotopic (exact) mass is 421 g/mol. The fraction of sp³-hybridized carbons (Fsp3) is 0.571. The molecule has 0 heterocycles. The maximum absolute atomic E-state index is 12.3. The van der Waals surface area contributed by atoms with Crippen molar-refractivity contribution in [2.45, 2.75) is 37.0 Å². The lowest BCUT2D eigenvalue weighted by Gasteiger charge is -2.23. The van der Waals surface area contributed by atoms with Crippen LogP contribution in [0.15, 0.2) is 0 Å². The largest absolute Gasteiger partial charge is 0.481 e. The Morgan fingerprint density at radius 3 is 1.62 bits per heavy atom. The van der Waals surface area contributed by atoms with Crippen LogP contribution in [0.1, 0.15) is 12.8 Å². The Labute approximate surface area is 163 Å². The number of nitrogens with two attached hydrogens (primary N) is 2. The van der Waals surface area contributed by atoms with Crippen molar-refractivity contribution in [1.29, 1.82) is 0 Å². The Balaban J connectivity index is 5.23. The third-order valence-corrected chi connectivity index (χ3v) is 3.38. The topological polar surface area (TPSA) is 271 Å². The summed E-state index contributed by atoms with van der Waals surface area (Å²) in [5.41, 5.74) is 10.3. The predicted octanol–water partition coefficient (Wildman–Crippen LogP) is -5.81. The maximum Gasteiger partial charge on any atom is 0.326 e. The Morgan fingerprint density at radius 1 is 0.724 bits per heavy atom. The molecule has 0 radical (unpaired) electrons. The normalized spacial score (nSPS) is 14.6. The number of hydrogen-bond acceptors (Lipinski definition) is 9. The van der Waals surface area contributed by atoms with E-state index in [0.717, 1.165) is 0 Å². The standard InChI is InChI=1S/C14H23N5O10/c15-5(3-20)11(25)17-6(1-9(16)22)12(26)19-8(4-21)13(27)18-7(14(28)29)2-10(23)24/h5-8,20-21H,1-4,15H2,(H2,16,22)(H,17,25)(H,18,27)(H,19,26)(H,23,24)(H,28,29). The molecule has 0 aromatic heterocycles. The van der Waals surface area contributed by atoms with Gasteiger partial charge in [0.15, 0.2) is 0 Å². The number of carbonyl (C=O) groups is 6. The summed E-state index contributed by atoms with van der Waals surface area (Å²) in [6, 6.07) is -6.61. The van der Waals surface area contributed by atoms with Gasteiger partial charge in [0.2, 0.25) is 23.6 Å². The summed E-state index contributed by atoms with van der Waals surface area (Å²) in [6.07, 6.45) is -1.68. The Kier molecular flexibility index (Phi) is 10.8. The number of carboxylic acid groups (broad SMARTS) is 2. The van der Waals surface area contributed by atoms with Crippen LogP contribution in [0.2, 0.25) is 0 Å². The number of aliphatic carboxylic acids is 2. The molecule has 0 saturated heterocycles. The highest BCUT2D eigenvalue weighted by Gasteiger charge is 2.31. The van der Waals surface area contributed by atoms with Gasteiger partial charge in [-0.25, -0.2) is 4.79 Å². The Hall–Kier alpha value is -3.30. The van der Waals surface area contributed by atoms with Gasteiger partial charge in [-0.1, -0.05) is 0 Å². The molecule has 164 valence electrons. The molecule has 0 spiro atoms. The molecule has 0 rings (SSSR count). The first kappa shape index (κ1) is 25.7. The van der Waals surface area contributed by atoms with E-state index in [1.807, 2.05) is 16.0 Å². The van der Waals surface area contributed by atoms with E-state index in [-0.39, 0.29) is 0 Å². The average Bonchev–Trinajstić information content (AvgIpc) is 2.62. The van der Waals surface area contributed by atoms with Gasteiger partial charge >= 0.3 is 11.9 Å². The van der Waals surface area contributed by atoms with Gasteiger partial charge in [-0.3, -0.25) is 24.0 Å². The molecule has 0 aliphatic heterocycles. The molecule has 4 atom stereocenters. The molecule has 15 nitrogen and oxygen atoms in total. The van der Waals surface area contributed by atoms with Gasteiger partial charge in [0.25, 0.3) is 0 Å². The molecule has 29 heavy (non-hydrogen) atoms. The summed E-state index contributed by atoms with van der Waals surface area (Å²) < 4.78 is 0. The van der Waals surface area contributed by atoms with Gasteiger partial charge < -0.3 is 47.8 Å². The summed E-state index contributed by atoms with van der Waals surface area (Å²) in [4.78, 5) is 68.8. The van der Waals surface area contributed by atoms with Gasteiger partial charge in [0.05, 0.1) is 26.1 Å². The molecular formula is C14H23N5O10. The molecule has 0 aliphatic carbocycles. The van der Waals surface area contributed by atoms with Crippen molar-refractivity contribution < 1.29 is 49.2 Å². The van der Waals surface area contributed by atoms with Crippen molar-refractivity contribution in [3.8, 4) is 0 Å². The van der Waals surface area contributed by atoms with Crippen LogP contribution < -0.4 is 27.4 Å². The molecule has 4 unspecified atom stereocenters. The summed E-state index contributed by atoms with van der Waals surface area (Å²) in [6.45, 7) is -1.79. The van der Waals surface area contributed by atoms with E-state index in [1.54, 1.807) is 0 Å². The molecule has 0 aromatic rings. The van der Waals surface area contributed by atoms with Crippen LogP contribution in [0.25, 0.3) is 0 Å². The van der Waals surface area contributed by atoms with E-state index >= 15 is 0 Å². The first-order valence-corrected chi connectivity index (χ1v) is 8.04. The molecule has 0 aliphatic rings. The fourth-order valence-electron chi connectivity index (χ4n) is 1.89. The second kappa shape index (κ2) is 12.2. The SMILES string of the molecule is NC(=O)CC(NC(=O)C(N)CO)C(=O)NC(CO)C(=O)NC(CC(=O)O)C(=O)O. The summed E-state index contributed by atoms with van der Waals surface area (Å²) in [7, 11) is 0. The van der Waals surface area contributed by atoms with Crippen molar-refractivity contribution in [1.82, 2.24) is 16.0 Å². The number of aliphatic hydroxyl groups excluding tert-OH is 2. The third-order valence-electron chi connectivity index (χ3n) is 3.38. The van der Waals surface area contributed by atoms with E-state index in [0.29, 0.717) is 0 Å². The fourth-order valence-corrected chi connectivity index (χ4v) is 1.89. The quantitative estimate of drug-likeness (QED) is 0.135. The molecule has 15 heteroatoms. The smallest absolute Gasteiger partial charge is 0.326 e. The molecule has 0 aromatic carbocycles. The van der Waals surface area contributed by atoms with Crippen molar-refractivity contribution in [2.75, 3.05) is 13.2 Å². The highest BCUT2D eigenvalue weighted by atomic mass is 16.4. The van der Waals surface area contributed by atoms with Crippen LogP contribution in [0.4, 0.5) is 0 Å². The lowest BCUT2D eigenvalue weighted by molar-refractivity contribution is -0.147. The summed E-state index contributed by atoms with van der Waals surface area (Å²) in [5, 5.41) is 41.5. The van der Waals surface area contributed by atoms with E-state index in [1.165, 1.54) is 0 Å². The zero-order valence-electron chi connectivity index (χ0n) is 15.0. The van der Waals surface area contributed by atoms with E-state index in [9.17, 15) is 33.9 Å². The lowest BCUT2D eigenvalue weighted by atomic mass is 10.1. The minimum absolute atomic E-state index is 0.716. The summed E-state index contributed by atoms with van der Waals surface area (Å²) in [5.74, 6) is -7.59. The zero-order chi connectivity index (χ0) is 22.7. The molecule has 0 fully saturated rings. The second-order valence-corrected chi connectivity index (χ2v) is 5.76. The van der Waals surface area contributed by atoms with Crippen LogP contribution >= 0.6 is 0 Å². The minimum atomic E-state index is -1.84. The van der Waals surface area contributed by atoms with Crippen molar-refractivity contribution in [2.24, 2.45) is 11.5 Å². The van der Waals surface area contributed by atoms with E-state index in [4.69, 9.17) is 26.8 Å².